The summed E-state index contributed by atoms with van der Waals surface area (Å²) in [6, 6.07) is 5.80. The Labute approximate surface area is 78.1 Å². The van der Waals surface area contributed by atoms with Crippen LogP contribution in [-0.2, 0) is 0 Å². The monoisotopic (exact) mass is 181 g/mol. The Bertz CT molecular complexity index is 281. The molecule has 1 rings (SSSR count). The minimum Gasteiger partial charge on any atom is -0.381 e. The van der Waals surface area contributed by atoms with Crippen molar-refractivity contribution in [1.82, 2.24) is 0 Å². The molecule has 2 heteroatoms. The Kier molecular flexibility index (Phi) is 3.18. The van der Waals surface area contributed by atoms with Gasteiger partial charge in [0.15, 0.2) is 0 Å². The number of aryl methyl sites for hydroxylation is 1. The van der Waals surface area contributed by atoms with Gasteiger partial charge in [0.25, 0.3) is 0 Å². The van der Waals surface area contributed by atoms with E-state index in [1.54, 1.807) is 0 Å². The second kappa shape index (κ2) is 4.17. The normalized spacial score (nSPS) is 9.50. The van der Waals surface area contributed by atoms with E-state index in [1.807, 2.05) is 31.2 Å². The van der Waals surface area contributed by atoms with Crippen LogP contribution in [-0.4, -0.2) is 6.54 Å². The van der Waals surface area contributed by atoms with Crippen LogP contribution in [0.1, 0.15) is 5.56 Å². The molecule has 0 spiro atoms. The Balaban J connectivity index is 2.82. The molecular formula is C10H12ClN. The molecule has 1 N–H and O–H groups in total. The van der Waals surface area contributed by atoms with Gasteiger partial charge in [-0.1, -0.05) is 23.7 Å². The summed E-state index contributed by atoms with van der Waals surface area (Å²) < 4.78 is 0. The molecule has 1 aromatic carbocycles. The molecule has 0 saturated heterocycles. The van der Waals surface area contributed by atoms with Gasteiger partial charge in [0, 0.05) is 17.3 Å². The van der Waals surface area contributed by atoms with Crippen molar-refractivity contribution < 1.29 is 0 Å². The van der Waals surface area contributed by atoms with Crippen LogP contribution in [0.5, 0.6) is 0 Å². The van der Waals surface area contributed by atoms with Gasteiger partial charge in [0.05, 0.1) is 0 Å². The molecule has 1 nitrogen and oxygen atoms in total. The highest BCUT2D eigenvalue weighted by molar-refractivity contribution is 6.30. The molecule has 12 heavy (non-hydrogen) atoms. The fraction of sp³-hybridized carbons (Fsp3) is 0.200. The lowest BCUT2D eigenvalue weighted by atomic mass is 10.2. The van der Waals surface area contributed by atoms with Crippen molar-refractivity contribution in [3.8, 4) is 0 Å². The van der Waals surface area contributed by atoms with E-state index in [9.17, 15) is 0 Å². The largest absolute Gasteiger partial charge is 0.381 e. The maximum atomic E-state index is 5.83. The van der Waals surface area contributed by atoms with Crippen molar-refractivity contribution in [1.29, 1.82) is 0 Å². The molecular weight excluding hydrogens is 170 g/mol. The topological polar surface area (TPSA) is 12.0 Å². The first-order valence-electron chi connectivity index (χ1n) is 3.85. The third-order valence-electron chi connectivity index (χ3n) is 1.64. The molecule has 0 heterocycles. The first-order valence-corrected chi connectivity index (χ1v) is 4.23. The Hall–Kier alpha value is -0.950. The maximum absolute atomic E-state index is 5.83. The lowest BCUT2D eigenvalue weighted by Crippen LogP contribution is -1.99. The highest BCUT2D eigenvalue weighted by Crippen LogP contribution is 2.19. The molecule has 0 radical (unpaired) electrons. The van der Waals surface area contributed by atoms with Crippen LogP contribution in [0.25, 0.3) is 0 Å². The average molecular weight is 182 g/mol. The van der Waals surface area contributed by atoms with Gasteiger partial charge in [-0.15, -0.1) is 6.58 Å². The van der Waals surface area contributed by atoms with E-state index in [2.05, 4.69) is 11.9 Å². The van der Waals surface area contributed by atoms with E-state index in [0.717, 1.165) is 17.3 Å². The zero-order valence-electron chi connectivity index (χ0n) is 7.10. The van der Waals surface area contributed by atoms with E-state index >= 15 is 0 Å². The molecule has 0 fully saturated rings. The summed E-state index contributed by atoms with van der Waals surface area (Å²) in [5.74, 6) is 0. The van der Waals surface area contributed by atoms with Crippen molar-refractivity contribution in [2.24, 2.45) is 0 Å². The molecule has 0 atom stereocenters. The number of anilines is 1. The van der Waals surface area contributed by atoms with Gasteiger partial charge < -0.3 is 5.32 Å². The first-order chi connectivity index (χ1) is 5.74. The van der Waals surface area contributed by atoms with Gasteiger partial charge in [-0.25, -0.2) is 0 Å². The molecule has 0 aliphatic heterocycles. The average Bonchev–Trinajstić information content (AvgIpc) is 2.07. The molecule has 0 aliphatic rings. The lowest BCUT2D eigenvalue weighted by molar-refractivity contribution is 1.31. The Morgan fingerprint density at radius 3 is 3.00 bits per heavy atom. The van der Waals surface area contributed by atoms with Gasteiger partial charge in [0.2, 0.25) is 0 Å². The van der Waals surface area contributed by atoms with E-state index in [4.69, 9.17) is 11.6 Å². The molecule has 0 bridgehead atoms. The van der Waals surface area contributed by atoms with E-state index < -0.39 is 0 Å². The molecule has 64 valence electrons. The van der Waals surface area contributed by atoms with Gasteiger partial charge in [-0.2, -0.15) is 0 Å². The predicted octanol–water partition coefficient (Wildman–Crippen LogP) is 3.25. The number of rotatable bonds is 3. The van der Waals surface area contributed by atoms with Crippen molar-refractivity contribution >= 4 is 17.3 Å². The summed E-state index contributed by atoms with van der Waals surface area (Å²) in [6.45, 7) is 6.44. The maximum Gasteiger partial charge on any atom is 0.0426 e. The summed E-state index contributed by atoms with van der Waals surface area (Å²) >= 11 is 5.83. The van der Waals surface area contributed by atoms with Crippen LogP contribution in [0.2, 0.25) is 5.02 Å². The second-order valence-corrected chi connectivity index (χ2v) is 3.07. The SMILES string of the molecule is C=CCNc1cc(Cl)ccc1C. The molecule has 0 aliphatic carbocycles. The van der Waals surface area contributed by atoms with Crippen molar-refractivity contribution in [2.45, 2.75) is 6.92 Å². The molecule has 0 saturated carbocycles. The molecule has 0 unspecified atom stereocenters. The smallest absolute Gasteiger partial charge is 0.0426 e. The highest BCUT2D eigenvalue weighted by Gasteiger charge is 1.96. The van der Waals surface area contributed by atoms with Crippen LogP contribution in [0, 0.1) is 6.92 Å². The first kappa shape index (κ1) is 9.14. The lowest BCUT2D eigenvalue weighted by Gasteiger charge is -2.06. The number of hydrogen-bond donors (Lipinski definition) is 1. The fourth-order valence-electron chi connectivity index (χ4n) is 0.967. The van der Waals surface area contributed by atoms with Crippen LogP contribution >= 0.6 is 11.6 Å². The van der Waals surface area contributed by atoms with Crippen molar-refractivity contribution in [3.63, 3.8) is 0 Å². The quantitative estimate of drug-likeness (QED) is 0.706. The molecule has 0 amide bonds. The second-order valence-electron chi connectivity index (χ2n) is 2.63. The standard InChI is InChI=1S/C10H12ClN/c1-3-6-12-10-7-9(11)5-4-8(10)2/h3-5,7,12H,1,6H2,2H3. The van der Waals surface area contributed by atoms with Gasteiger partial charge in [0.1, 0.15) is 0 Å². The highest BCUT2D eigenvalue weighted by atomic mass is 35.5. The molecule has 0 aromatic heterocycles. The minimum absolute atomic E-state index is 0.757. The summed E-state index contributed by atoms with van der Waals surface area (Å²) in [7, 11) is 0. The summed E-state index contributed by atoms with van der Waals surface area (Å²) in [4.78, 5) is 0. The van der Waals surface area contributed by atoms with Gasteiger partial charge >= 0.3 is 0 Å². The van der Waals surface area contributed by atoms with Crippen LogP contribution < -0.4 is 5.32 Å². The number of halogens is 1. The zero-order valence-corrected chi connectivity index (χ0v) is 7.86. The predicted molar refractivity (Wildman–Crippen MR) is 54.9 cm³/mol. The van der Waals surface area contributed by atoms with E-state index in [0.29, 0.717) is 0 Å². The molecule has 1 aromatic rings. The third-order valence-corrected chi connectivity index (χ3v) is 1.87. The van der Waals surface area contributed by atoms with Gasteiger partial charge in [-0.3, -0.25) is 0 Å². The van der Waals surface area contributed by atoms with Crippen molar-refractivity contribution in [2.75, 3.05) is 11.9 Å². The minimum atomic E-state index is 0.757. The zero-order chi connectivity index (χ0) is 8.97. The summed E-state index contributed by atoms with van der Waals surface area (Å²) in [5, 5.41) is 3.96. The van der Waals surface area contributed by atoms with E-state index in [-0.39, 0.29) is 0 Å². The number of benzene rings is 1. The van der Waals surface area contributed by atoms with Crippen LogP contribution in [0.15, 0.2) is 30.9 Å². The summed E-state index contributed by atoms with van der Waals surface area (Å²) in [5.41, 5.74) is 2.27. The third kappa shape index (κ3) is 2.28. The number of nitrogens with one attached hydrogen (secondary N) is 1. The summed E-state index contributed by atoms with van der Waals surface area (Å²) in [6.07, 6.45) is 1.82. The van der Waals surface area contributed by atoms with E-state index in [1.165, 1.54) is 5.56 Å². The van der Waals surface area contributed by atoms with Crippen molar-refractivity contribution in [3.05, 3.63) is 41.4 Å². The van der Waals surface area contributed by atoms with Crippen LogP contribution in [0.3, 0.4) is 0 Å². The Morgan fingerprint density at radius 1 is 1.58 bits per heavy atom. The number of hydrogen-bond acceptors (Lipinski definition) is 1. The fourth-order valence-corrected chi connectivity index (χ4v) is 1.14. The Morgan fingerprint density at radius 2 is 2.33 bits per heavy atom. The van der Waals surface area contributed by atoms with Crippen LogP contribution in [0.4, 0.5) is 5.69 Å². The van der Waals surface area contributed by atoms with Gasteiger partial charge in [-0.05, 0) is 24.6 Å².